The third-order valence-electron chi connectivity index (χ3n) is 5.50. The summed E-state index contributed by atoms with van der Waals surface area (Å²) < 4.78 is 25.1. The van der Waals surface area contributed by atoms with Crippen LogP contribution in [-0.4, -0.2) is 13.7 Å². The zero-order valence-electron chi connectivity index (χ0n) is 15.5. The van der Waals surface area contributed by atoms with Gasteiger partial charge in [-0.25, -0.2) is 8.42 Å². The molecule has 0 spiro atoms. The fraction of sp³-hybridized carbons (Fsp3) is 0.364. The minimum absolute atomic E-state index is 0.0183. The molecule has 0 heterocycles. The monoisotopic (exact) mass is 369 g/mol. The molecule has 2 aromatic rings. The second kappa shape index (κ2) is 7.28. The zero-order valence-corrected chi connectivity index (χ0v) is 16.3. The SMILES string of the molecule is C=C(C1CCC[C@@H]1c1ccc(-c2ccc(N)cc2)cc1)S(=O)(=O)C(C)C. The van der Waals surface area contributed by atoms with Crippen LogP contribution in [0.1, 0.15) is 44.6 Å². The molecule has 0 aromatic heterocycles. The Morgan fingerprint density at radius 1 is 1.00 bits per heavy atom. The van der Waals surface area contributed by atoms with E-state index in [1.165, 1.54) is 5.56 Å². The van der Waals surface area contributed by atoms with Gasteiger partial charge in [0.2, 0.25) is 0 Å². The lowest BCUT2D eigenvalue weighted by Crippen LogP contribution is -2.22. The van der Waals surface area contributed by atoms with Gasteiger partial charge in [0.1, 0.15) is 0 Å². The van der Waals surface area contributed by atoms with Gasteiger partial charge in [-0.15, -0.1) is 0 Å². The summed E-state index contributed by atoms with van der Waals surface area (Å²) in [6.45, 7) is 7.44. The first-order chi connectivity index (χ1) is 12.3. The normalized spacial score (nSPS) is 20.4. The summed E-state index contributed by atoms with van der Waals surface area (Å²) in [7, 11) is -3.26. The molecule has 1 unspecified atom stereocenters. The van der Waals surface area contributed by atoms with Gasteiger partial charge in [-0.05, 0) is 61.4 Å². The molecule has 2 atom stereocenters. The van der Waals surface area contributed by atoms with Crippen molar-refractivity contribution >= 4 is 15.5 Å². The van der Waals surface area contributed by atoms with Crippen LogP contribution in [0.4, 0.5) is 5.69 Å². The number of rotatable bonds is 5. The molecule has 0 amide bonds. The first-order valence-corrected chi connectivity index (χ1v) is 10.7. The molecule has 138 valence electrons. The number of sulfone groups is 1. The fourth-order valence-corrected chi connectivity index (χ4v) is 5.17. The summed E-state index contributed by atoms with van der Waals surface area (Å²) in [4.78, 5) is 0.414. The maximum Gasteiger partial charge on any atom is 0.176 e. The van der Waals surface area contributed by atoms with E-state index in [9.17, 15) is 8.42 Å². The molecule has 0 radical (unpaired) electrons. The predicted molar refractivity (Wildman–Crippen MR) is 110 cm³/mol. The number of allylic oxidation sites excluding steroid dienone is 1. The quantitative estimate of drug-likeness (QED) is 0.741. The van der Waals surface area contributed by atoms with Crippen LogP contribution in [0, 0.1) is 5.92 Å². The van der Waals surface area contributed by atoms with Crippen molar-refractivity contribution in [2.75, 3.05) is 5.73 Å². The first kappa shape index (κ1) is 18.7. The van der Waals surface area contributed by atoms with Crippen LogP contribution in [0.5, 0.6) is 0 Å². The maximum atomic E-state index is 12.6. The Balaban J connectivity index is 1.84. The topological polar surface area (TPSA) is 60.2 Å². The molecule has 3 rings (SSSR count). The molecule has 26 heavy (non-hydrogen) atoms. The van der Waals surface area contributed by atoms with Crippen LogP contribution < -0.4 is 5.73 Å². The Bertz CT molecular complexity index is 881. The molecule has 2 N–H and O–H groups in total. The minimum Gasteiger partial charge on any atom is -0.399 e. The second-order valence-corrected chi connectivity index (χ2v) is 10.0. The molecular formula is C22H27NO2S. The van der Waals surface area contributed by atoms with E-state index in [4.69, 9.17) is 5.73 Å². The Morgan fingerprint density at radius 3 is 2.08 bits per heavy atom. The van der Waals surface area contributed by atoms with Gasteiger partial charge in [-0.1, -0.05) is 49.4 Å². The fourth-order valence-electron chi connectivity index (χ4n) is 3.86. The lowest BCUT2D eigenvalue weighted by molar-refractivity contribution is 0.551. The lowest BCUT2D eigenvalue weighted by atomic mass is 9.88. The summed E-state index contributed by atoms with van der Waals surface area (Å²) in [5.41, 5.74) is 9.97. The average molecular weight is 370 g/mol. The average Bonchev–Trinajstić information content (AvgIpc) is 3.11. The van der Waals surface area contributed by atoms with E-state index in [0.717, 1.165) is 36.1 Å². The molecule has 1 fully saturated rings. The van der Waals surface area contributed by atoms with E-state index in [1.54, 1.807) is 13.8 Å². The van der Waals surface area contributed by atoms with E-state index in [-0.39, 0.29) is 11.8 Å². The smallest absolute Gasteiger partial charge is 0.176 e. The molecule has 0 aliphatic heterocycles. The number of hydrogen-bond donors (Lipinski definition) is 1. The molecule has 3 nitrogen and oxygen atoms in total. The van der Waals surface area contributed by atoms with E-state index in [1.807, 2.05) is 24.3 Å². The summed E-state index contributed by atoms with van der Waals surface area (Å²) in [6.07, 6.45) is 2.95. The van der Waals surface area contributed by atoms with Crippen molar-refractivity contribution in [1.82, 2.24) is 0 Å². The summed E-state index contributed by atoms with van der Waals surface area (Å²) in [5, 5.41) is -0.413. The van der Waals surface area contributed by atoms with Crippen LogP contribution in [0.3, 0.4) is 0 Å². The Kier molecular flexibility index (Phi) is 5.24. The van der Waals surface area contributed by atoms with Crippen LogP contribution in [0.2, 0.25) is 0 Å². The first-order valence-electron chi connectivity index (χ1n) is 9.19. The zero-order chi connectivity index (χ0) is 18.9. The molecule has 1 aliphatic rings. The number of anilines is 1. The van der Waals surface area contributed by atoms with E-state index < -0.39 is 15.1 Å². The van der Waals surface area contributed by atoms with Crippen molar-refractivity contribution in [3.8, 4) is 11.1 Å². The third kappa shape index (κ3) is 3.56. The Hall–Kier alpha value is -2.07. The lowest BCUT2D eigenvalue weighted by Gasteiger charge is -2.23. The number of benzene rings is 2. The molecule has 0 saturated heterocycles. The van der Waals surface area contributed by atoms with E-state index >= 15 is 0 Å². The molecule has 1 aliphatic carbocycles. The maximum absolute atomic E-state index is 12.6. The Labute approximate surface area is 156 Å². The highest BCUT2D eigenvalue weighted by Crippen LogP contribution is 2.45. The van der Waals surface area contributed by atoms with Gasteiger partial charge in [0, 0.05) is 16.5 Å². The highest BCUT2D eigenvalue weighted by atomic mass is 32.2. The van der Waals surface area contributed by atoms with Gasteiger partial charge >= 0.3 is 0 Å². The van der Waals surface area contributed by atoms with Gasteiger partial charge in [-0.2, -0.15) is 0 Å². The highest BCUT2D eigenvalue weighted by Gasteiger charge is 2.36. The van der Waals surface area contributed by atoms with Gasteiger partial charge < -0.3 is 5.73 Å². The van der Waals surface area contributed by atoms with Crippen LogP contribution in [-0.2, 0) is 9.84 Å². The van der Waals surface area contributed by atoms with E-state index in [2.05, 4.69) is 30.8 Å². The number of nitrogen functional groups attached to an aromatic ring is 1. The van der Waals surface area contributed by atoms with Gasteiger partial charge in [0.25, 0.3) is 0 Å². The Morgan fingerprint density at radius 2 is 1.54 bits per heavy atom. The van der Waals surface area contributed by atoms with Crippen molar-refractivity contribution in [2.24, 2.45) is 5.92 Å². The van der Waals surface area contributed by atoms with Gasteiger partial charge in [-0.3, -0.25) is 0 Å². The molecule has 2 aromatic carbocycles. The summed E-state index contributed by atoms with van der Waals surface area (Å²) >= 11 is 0. The predicted octanol–water partition coefficient (Wildman–Crippen LogP) is 5.16. The van der Waals surface area contributed by atoms with Crippen LogP contribution in [0.15, 0.2) is 60.0 Å². The van der Waals surface area contributed by atoms with Crippen molar-refractivity contribution in [2.45, 2.75) is 44.3 Å². The van der Waals surface area contributed by atoms with Crippen molar-refractivity contribution in [3.63, 3.8) is 0 Å². The second-order valence-electron chi connectivity index (χ2n) is 7.45. The van der Waals surface area contributed by atoms with Crippen LogP contribution >= 0.6 is 0 Å². The molecule has 4 heteroatoms. The van der Waals surface area contributed by atoms with Crippen LogP contribution in [0.25, 0.3) is 11.1 Å². The molecular weight excluding hydrogens is 342 g/mol. The van der Waals surface area contributed by atoms with E-state index in [0.29, 0.717) is 4.91 Å². The van der Waals surface area contributed by atoms with Crippen molar-refractivity contribution in [3.05, 3.63) is 65.6 Å². The number of nitrogens with two attached hydrogens (primary N) is 1. The van der Waals surface area contributed by atoms with Gasteiger partial charge in [0.15, 0.2) is 9.84 Å². The summed E-state index contributed by atoms with van der Waals surface area (Å²) in [6, 6.07) is 16.3. The highest BCUT2D eigenvalue weighted by molar-refractivity contribution is 7.95. The number of hydrogen-bond acceptors (Lipinski definition) is 3. The minimum atomic E-state index is -3.26. The third-order valence-corrected chi connectivity index (χ3v) is 7.77. The van der Waals surface area contributed by atoms with Crippen molar-refractivity contribution < 1.29 is 8.42 Å². The van der Waals surface area contributed by atoms with Gasteiger partial charge in [0.05, 0.1) is 5.25 Å². The molecule has 0 bridgehead atoms. The largest absolute Gasteiger partial charge is 0.399 e. The standard InChI is InChI=1S/C22H27NO2S/c1-15(2)26(24,25)16(3)21-5-4-6-22(21)19-9-7-17(8-10-19)18-11-13-20(23)14-12-18/h7-15,21-22H,3-6,23H2,1-2H3/t21?,22-/m1/s1. The molecule has 1 saturated carbocycles. The summed E-state index contributed by atoms with van der Waals surface area (Å²) in [5.74, 6) is 0.251. The van der Waals surface area contributed by atoms with Crippen molar-refractivity contribution in [1.29, 1.82) is 0 Å².